The van der Waals surface area contributed by atoms with E-state index in [0.717, 1.165) is 12.8 Å². The van der Waals surface area contributed by atoms with Crippen LogP contribution in [-0.4, -0.2) is 46.8 Å². The van der Waals surface area contributed by atoms with Crippen molar-refractivity contribution >= 4 is 5.91 Å². The molecule has 0 unspecified atom stereocenters. The number of hydrogen-bond acceptors (Lipinski definition) is 3. The number of amides is 1. The van der Waals surface area contributed by atoms with E-state index in [-0.39, 0.29) is 25.2 Å². The lowest BCUT2D eigenvalue weighted by Gasteiger charge is -2.30. The van der Waals surface area contributed by atoms with Gasteiger partial charge in [-0.2, -0.15) is 0 Å². The molecule has 0 bridgehead atoms. The van der Waals surface area contributed by atoms with Crippen LogP contribution in [0.25, 0.3) is 0 Å². The van der Waals surface area contributed by atoms with Gasteiger partial charge in [-0.3, -0.25) is 4.79 Å². The summed E-state index contributed by atoms with van der Waals surface area (Å²) in [5.74, 6) is 5.25. The summed E-state index contributed by atoms with van der Waals surface area (Å²) < 4.78 is 0. The number of aliphatic hydroxyl groups excluding tert-OH is 2. The number of hydrogen-bond donors (Lipinski definition) is 2. The minimum Gasteiger partial charge on any atom is -0.395 e. The monoisotopic (exact) mass is 289 g/mol. The fourth-order valence-electron chi connectivity index (χ4n) is 2.36. The van der Waals surface area contributed by atoms with Crippen molar-refractivity contribution in [3.05, 3.63) is 35.4 Å². The molecule has 4 nitrogen and oxygen atoms in total. The number of carbonyl (C=O) groups excluding carboxylic acids is 1. The Kier molecular flexibility index (Phi) is 7.52. The molecule has 0 saturated heterocycles. The molecule has 0 aliphatic carbocycles. The lowest BCUT2D eigenvalue weighted by molar-refractivity contribution is 0.0622. The molecule has 0 radical (unpaired) electrons. The van der Waals surface area contributed by atoms with Crippen LogP contribution in [0.3, 0.4) is 0 Å². The Hall–Kier alpha value is -1.83. The lowest BCUT2D eigenvalue weighted by Crippen LogP contribution is -2.41. The third-order valence-electron chi connectivity index (χ3n) is 3.44. The Morgan fingerprint density at radius 3 is 2.48 bits per heavy atom. The van der Waals surface area contributed by atoms with E-state index in [1.54, 1.807) is 23.1 Å². The van der Waals surface area contributed by atoms with Crippen LogP contribution in [0.15, 0.2) is 24.3 Å². The first-order chi connectivity index (χ1) is 10.2. The molecule has 0 fully saturated rings. The van der Waals surface area contributed by atoms with Crippen molar-refractivity contribution in [2.24, 2.45) is 0 Å². The van der Waals surface area contributed by atoms with Crippen LogP contribution >= 0.6 is 0 Å². The second-order valence-corrected chi connectivity index (χ2v) is 4.70. The highest BCUT2D eigenvalue weighted by Crippen LogP contribution is 2.16. The predicted octanol–water partition coefficient (Wildman–Crippen LogP) is 1.65. The van der Waals surface area contributed by atoms with Gasteiger partial charge in [0.2, 0.25) is 0 Å². The number of benzene rings is 1. The van der Waals surface area contributed by atoms with Gasteiger partial charge in [-0.1, -0.05) is 37.8 Å². The molecule has 0 aliphatic rings. The van der Waals surface area contributed by atoms with Crippen LogP contribution in [0, 0.1) is 11.8 Å². The van der Waals surface area contributed by atoms with Crippen molar-refractivity contribution in [2.75, 3.05) is 19.8 Å². The van der Waals surface area contributed by atoms with Crippen molar-refractivity contribution in [2.45, 2.75) is 32.7 Å². The largest absolute Gasteiger partial charge is 0.395 e. The molecule has 1 amide bonds. The summed E-state index contributed by atoms with van der Waals surface area (Å²) >= 11 is 0. The molecule has 1 aromatic rings. The molecule has 1 aromatic carbocycles. The maximum atomic E-state index is 12.8. The SMILES string of the molecule is CCC(CC)N(CCO)C(=O)c1ccccc1C#CCO. The average Bonchev–Trinajstić information content (AvgIpc) is 2.52. The molecular formula is C17H23NO3. The van der Waals surface area contributed by atoms with E-state index < -0.39 is 0 Å². The summed E-state index contributed by atoms with van der Waals surface area (Å²) in [5, 5.41) is 18.0. The smallest absolute Gasteiger partial charge is 0.255 e. The number of rotatable bonds is 6. The Bertz CT molecular complexity index is 512. The Balaban J connectivity index is 3.14. The first kappa shape index (κ1) is 17.2. The Morgan fingerprint density at radius 1 is 1.24 bits per heavy atom. The van der Waals surface area contributed by atoms with Gasteiger partial charge >= 0.3 is 0 Å². The summed E-state index contributed by atoms with van der Waals surface area (Å²) in [6.45, 7) is 4.07. The summed E-state index contributed by atoms with van der Waals surface area (Å²) in [6.07, 6.45) is 1.68. The van der Waals surface area contributed by atoms with Gasteiger partial charge in [-0.25, -0.2) is 0 Å². The second kappa shape index (κ2) is 9.17. The van der Waals surface area contributed by atoms with Gasteiger partial charge in [0.25, 0.3) is 5.91 Å². The molecule has 0 atom stereocenters. The zero-order valence-electron chi connectivity index (χ0n) is 12.7. The number of carbonyl (C=O) groups is 1. The van der Waals surface area contributed by atoms with E-state index in [2.05, 4.69) is 11.8 Å². The van der Waals surface area contributed by atoms with Gasteiger partial charge in [0, 0.05) is 18.2 Å². The maximum Gasteiger partial charge on any atom is 0.255 e. The standard InChI is InChI=1S/C17H23NO3/c1-3-15(4-2)18(11-13-20)17(21)16-10-6-5-8-14(16)9-7-12-19/h5-6,8,10,15,19-20H,3-4,11-13H2,1-2H3. The van der Waals surface area contributed by atoms with Crippen molar-refractivity contribution in [1.29, 1.82) is 0 Å². The van der Waals surface area contributed by atoms with Gasteiger partial charge in [-0.05, 0) is 25.0 Å². The summed E-state index contributed by atoms with van der Waals surface area (Å²) in [7, 11) is 0. The van der Waals surface area contributed by atoms with Crippen molar-refractivity contribution in [1.82, 2.24) is 4.90 Å². The van der Waals surface area contributed by atoms with Crippen molar-refractivity contribution in [3.63, 3.8) is 0 Å². The molecule has 2 N–H and O–H groups in total. The van der Waals surface area contributed by atoms with E-state index >= 15 is 0 Å². The molecule has 0 saturated carbocycles. The van der Waals surface area contributed by atoms with Crippen LogP contribution in [0.5, 0.6) is 0 Å². The number of nitrogens with zero attached hydrogens (tertiary/aromatic N) is 1. The molecule has 114 valence electrons. The van der Waals surface area contributed by atoms with E-state index in [4.69, 9.17) is 5.11 Å². The van der Waals surface area contributed by atoms with Crippen molar-refractivity contribution < 1.29 is 15.0 Å². The van der Waals surface area contributed by atoms with Gasteiger partial charge < -0.3 is 15.1 Å². The van der Waals surface area contributed by atoms with Gasteiger partial charge in [0.1, 0.15) is 6.61 Å². The van der Waals surface area contributed by atoms with Gasteiger partial charge in [-0.15, -0.1) is 0 Å². The molecular weight excluding hydrogens is 266 g/mol. The Morgan fingerprint density at radius 2 is 1.90 bits per heavy atom. The molecule has 0 aliphatic heterocycles. The molecule has 4 heteroatoms. The predicted molar refractivity (Wildman–Crippen MR) is 82.9 cm³/mol. The summed E-state index contributed by atoms with van der Waals surface area (Å²) in [5.41, 5.74) is 1.12. The fraction of sp³-hybridized carbons (Fsp3) is 0.471. The van der Waals surface area contributed by atoms with E-state index in [9.17, 15) is 9.90 Å². The Labute approximate surface area is 126 Å². The van der Waals surface area contributed by atoms with Crippen LogP contribution in [-0.2, 0) is 0 Å². The zero-order valence-corrected chi connectivity index (χ0v) is 12.7. The van der Waals surface area contributed by atoms with Gasteiger partial charge in [0.15, 0.2) is 0 Å². The molecule has 0 heterocycles. The van der Waals surface area contributed by atoms with E-state index in [1.807, 2.05) is 19.9 Å². The first-order valence-electron chi connectivity index (χ1n) is 7.30. The minimum atomic E-state index is -0.241. The highest BCUT2D eigenvalue weighted by molar-refractivity contribution is 5.97. The fourth-order valence-corrected chi connectivity index (χ4v) is 2.36. The normalized spacial score (nSPS) is 10.1. The lowest BCUT2D eigenvalue weighted by atomic mass is 10.0. The van der Waals surface area contributed by atoms with E-state index in [1.165, 1.54) is 0 Å². The average molecular weight is 289 g/mol. The third-order valence-corrected chi connectivity index (χ3v) is 3.44. The number of aliphatic hydroxyl groups is 2. The molecule has 1 rings (SSSR count). The highest BCUT2D eigenvalue weighted by atomic mass is 16.3. The first-order valence-corrected chi connectivity index (χ1v) is 7.30. The maximum absolute atomic E-state index is 12.8. The van der Waals surface area contributed by atoms with Crippen LogP contribution in [0.1, 0.15) is 42.6 Å². The molecule has 0 aromatic heterocycles. The molecule has 0 spiro atoms. The van der Waals surface area contributed by atoms with Crippen LogP contribution in [0.4, 0.5) is 0 Å². The van der Waals surface area contributed by atoms with Crippen molar-refractivity contribution in [3.8, 4) is 11.8 Å². The quantitative estimate of drug-likeness (QED) is 0.783. The minimum absolute atomic E-state index is 0.0628. The van der Waals surface area contributed by atoms with E-state index in [0.29, 0.717) is 17.7 Å². The highest BCUT2D eigenvalue weighted by Gasteiger charge is 2.23. The third kappa shape index (κ3) is 4.59. The summed E-state index contributed by atoms with van der Waals surface area (Å²) in [4.78, 5) is 14.5. The van der Waals surface area contributed by atoms with Crippen LogP contribution in [0.2, 0.25) is 0 Å². The van der Waals surface area contributed by atoms with Crippen LogP contribution < -0.4 is 0 Å². The van der Waals surface area contributed by atoms with Gasteiger partial charge in [0.05, 0.1) is 12.2 Å². The topological polar surface area (TPSA) is 60.8 Å². The second-order valence-electron chi connectivity index (χ2n) is 4.70. The summed E-state index contributed by atoms with van der Waals surface area (Å²) in [6, 6.07) is 7.20. The molecule has 21 heavy (non-hydrogen) atoms. The zero-order chi connectivity index (χ0) is 15.7.